The topological polar surface area (TPSA) is 9.23 Å². The molecule has 2 atom stereocenters. The molecule has 0 aromatic rings. The van der Waals surface area contributed by atoms with E-state index in [1.165, 1.54) is 0 Å². The average Bonchev–Trinajstić information content (AvgIpc) is 1.72. The SMILES string of the molecule is C1=CC2OC1S2. The highest BCUT2D eigenvalue weighted by Gasteiger charge is 2.32. The molecule has 0 aromatic heterocycles. The maximum atomic E-state index is 5.10. The molecule has 2 unspecified atom stereocenters. The number of thioether (sulfide) groups is 1. The fourth-order valence-corrected chi connectivity index (χ4v) is 1.46. The van der Waals surface area contributed by atoms with Crippen LogP contribution >= 0.6 is 11.8 Å². The predicted octanol–water partition coefficient (Wildman–Crippen LogP) is 0.972. The zero-order chi connectivity index (χ0) is 3.98. The predicted molar refractivity (Wildman–Crippen MR) is 25.4 cm³/mol. The van der Waals surface area contributed by atoms with Crippen LogP contribution in [0.1, 0.15) is 0 Å². The van der Waals surface area contributed by atoms with Crippen LogP contribution in [0.2, 0.25) is 0 Å². The van der Waals surface area contributed by atoms with Crippen molar-refractivity contribution in [3.05, 3.63) is 12.2 Å². The van der Waals surface area contributed by atoms with Gasteiger partial charge in [-0.1, -0.05) is 11.8 Å². The Bertz CT molecular complexity index is 83.7. The molecule has 32 valence electrons. The first-order chi connectivity index (χ1) is 2.95. The van der Waals surface area contributed by atoms with Crippen molar-refractivity contribution in [2.24, 2.45) is 0 Å². The van der Waals surface area contributed by atoms with E-state index in [1.807, 2.05) is 11.8 Å². The lowest BCUT2D eigenvalue weighted by Crippen LogP contribution is -2.18. The Morgan fingerprint density at radius 3 is 2.00 bits per heavy atom. The van der Waals surface area contributed by atoms with Crippen LogP contribution in [0.25, 0.3) is 0 Å². The van der Waals surface area contributed by atoms with E-state index in [2.05, 4.69) is 12.2 Å². The van der Waals surface area contributed by atoms with Gasteiger partial charge in [0.05, 0.1) is 0 Å². The molecule has 1 nitrogen and oxygen atoms in total. The van der Waals surface area contributed by atoms with Crippen molar-refractivity contribution in [3.63, 3.8) is 0 Å². The van der Waals surface area contributed by atoms with Gasteiger partial charge in [0.25, 0.3) is 0 Å². The van der Waals surface area contributed by atoms with Gasteiger partial charge in [0.15, 0.2) is 0 Å². The van der Waals surface area contributed by atoms with Crippen molar-refractivity contribution in [2.75, 3.05) is 0 Å². The molecule has 6 heavy (non-hydrogen) atoms. The van der Waals surface area contributed by atoms with Crippen molar-refractivity contribution in [1.82, 2.24) is 0 Å². The molecular weight excluding hydrogens is 96.1 g/mol. The molecule has 3 heterocycles. The summed E-state index contributed by atoms with van der Waals surface area (Å²) in [4.78, 5) is 0. The summed E-state index contributed by atoms with van der Waals surface area (Å²) in [5, 5.41) is 0. The monoisotopic (exact) mass is 100.0 g/mol. The van der Waals surface area contributed by atoms with Gasteiger partial charge < -0.3 is 4.74 Å². The lowest BCUT2D eigenvalue weighted by atomic mass is 10.6. The van der Waals surface area contributed by atoms with Crippen molar-refractivity contribution in [3.8, 4) is 0 Å². The summed E-state index contributed by atoms with van der Waals surface area (Å²) in [6, 6.07) is 0. The van der Waals surface area contributed by atoms with E-state index in [1.54, 1.807) is 0 Å². The third kappa shape index (κ3) is 0.221. The van der Waals surface area contributed by atoms with Gasteiger partial charge in [-0.15, -0.1) is 0 Å². The lowest BCUT2D eigenvalue weighted by Gasteiger charge is -2.22. The Labute approximate surface area is 40.4 Å². The fraction of sp³-hybridized carbons (Fsp3) is 0.500. The minimum absolute atomic E-state index is 0.426. The second-order valence-corrected chi connectivity index (χ2v) is 2.60. The molecule has 0 N–H and O–H groups in total. The Morgan fingerprint density at radius 1 is 1.33 bits per heavy atom. The molecule has 0 spiro atoms. The van der Waals surface area contributed by atoms with Gasteiger partial charge in [-0.3, -0.25) is 0 Å². The van der Waals surface area contributed by atoms with E-state index < -0.39 is 0 Å². The molecule has 1 fully saturated rings. The summed E-state index contributed by atoms with van der Waals surface area (Å²) in [6.07, 6.45) is 4.19. The van der Waals surface area contributed by atoms with Crippen molar-refractivity contribution >= 4 is 11.8 Å². The van der Waals surface area contributed by atoms with E-state index in [0.717, 1.165) is 0 Å². The Balaban J connectivity index is 2.32. The third-order valence-electron chi connectivity index (χ3n) is 0.962. The second-order valence-electron chi connectivity index (χ2n) is 1.39. The van der Waals surface area contributed by atoms with E-state index in [0.29, 0.717) is 10.9 Å². The zero-order valence-electron chi connectivity index (χ0n) is 3.13. The summed E-state index contributed by atoms with van der Waals surface area (Å²) in [5.74, 6) is 0. The minimum Gasteiger partial charge on any atom is -0.345 e. The molecule has 3 aliphatic heterocycles. The quantitative estimate of drug-likeness (QED) is 0.419. The van der Waals surface area contributed by atoms with E-state index in [4.69, 9.17) is 4.74 Å². The van der Waals surface area contributed by atoms with Gasteiger partial charge in [0, 0.05) is 0 Å². The van der Waals surface area contributed by atoms with Crippen LogP contribution in [0.5, 0.6) is 0 Å². The smallest absolute Gasteiger partial charge is 0.126 e. The standard InChI is InChI=1S/C4H4OS/c1-2-4-5-3(1)6-4/h1-4H. The molecule has 0 radical (unpaired) electrons. The van der Waals surface area contributed by atoms with Crippen molar-refractivity contribution in [1.29, 1.82) is 0 Å². The first-order valence-electron chi connectivity index (χ1n) is 1.94. The third-order valence-corrected chi connectivity index (χ3v) is 2.03. The zero-order valence-corrected chi connectivity index (χ0v) is 3.94. The van der Waals surface area contributed by atoms with Crippen LogP contribution in [-0.2, 0) is 4.74 Å². The number of rotatable bonds is 0. The van der Waals surface area contributed by atoms with Gasteiger partial charge in [0.2, 0.25) is 0 Å². The lowest BCUT2D eigenvalue weighted by molar-refractivity contribution is 0.129. The molecule has 2 heteroatoms. The number of hydrogen-bond acceptors (Lipinski definition) is 2. The normalized spacial score (nSPS) is 49.3. The van der Waals surface area contributed by atoms with Crippen molar-refractivity contribution in [2.45, 2.75) is 10.9 Å². The minimum atomic E-state index is 0.426. The maximum Gasteiger partial charge on any atom is 0.126 e. The van der Waals surface area contributed by atoms with Crippen LogP contribution in [0, 0.1) is 0 Å². The number of ether oxygens (including phenoxy) is 1. The summed E-state index contributed by atoms with van der Waals surface area (Å²) >= 11 is 1.86. The van der Waals surface area contributed by atoms with Gasteiger partial charge in [-0.2, -0.15) is 0 Å². The highest BCUT2D eigenvalue weighted by Crippen LogP contribution is 2.40. The fourth-order valence-electron chi connectivity index (χ4n) is 0.637. The molecular formula is C4H4OS. The summed E-state index contributed by atoms with van der Waals surface area (Å²) < 4.78 is 5.10. The van der Waals surface area contributed by atoms with Crippen LogP contribution in [0.3, 0.4) is 0 Å². The summed E-state index contributed by atoms with van der Waals surface area (Å²) in [6.45, 7) is 0. The number of hydrogen-bond donors (Lipinski definition) is 0. The summed E-state index contributed by atoms with van der Waals surface area (Å²) in [7, 11) is 0. The highest BCUT2D eigenvalue weighted by atomic mass is 32.2. The van der Waals surface area contributed by atoms with Gasteiger partial charge in [-0.25, -0.2) is 0 Å². The average molecular weight is 100 g/mol. The first kappa shape index (κ1) is 3.10. The molecule has 0 aliphatic carbocycles. The van der Waals surface area contributed by atoms with Crippen molar-refractivity contribution < 1.29 is 4.74 Å². The van der Waals surface area contributed by atoms with Gasteiger partial charge >= 0.3 is 0 Å². The molecule has 0 saturated carbocycles. The Morgan fingerprint density at radius 2 is 1.83 bits per heavy atom. The summed E-state index contributed by atoms with van der Waals surface area (Å²) in [5.41, 5.74) is 0.852. The molecule has 3 rings (SSSR count). The molecule has 3 aliphatic rings. The maximum absolute atomic E-state index is 5.10. The van der Waals surface area contributed by atoms with E-state index in [9.17, 15) is 0 Å². The van der Waals surface area contributed by atoms with Crippen LogP contribution in [0.4, 0.5) is 0 Å². The van der Waals surface area contributed by atoms with Gasteiger partial charge in [-0.05, 0) is 12.2 Å². The molecule has 2 bridgehead atoms. The van der Waals surface area contributed by atoms with Gasteiger partial charge in [0.1, 0.15) is 10.9 Å². The second kappa shape index (κ2) is 0.820. The highest BCUT2D eigenvalue weighted by molar-refractivity contribution is 8.01. The van der Waals surface area contributed by atoms with Crippen LogP contribution < -0.4 is 0 Å². The van der Waals surface area contributed by atoms with Crippen LogP contribution in [-0.4, -0.2) is 10.9 Å². The van der Waals surface area contributed by atoms with Crippen LogP contribution in [0.15, 0.2) is 12.2 Å². The first-order valence-corrected chi connectivity index (χ1v) is 2.89. The van der Waals surface area contributed by atoms with E-state index in [-0.39, 0.29) is 0 Å². The Hall–Kier alpha value is 0.0500. The molecule has 0 amide bonds. The largest absolute Gasteiger partial charge is 0.345 e. The van der Waals surface area contributed by atoms with E-state index >= 15 is 0 Å². The Kier molecular flexibility index (Phi) is 0.424. The molecule has 0 aromatic carbocycles. The molecule has 1 saturated heterocycles.